The molecule has 0 saturated carbocycles. The van der Waals surface area contributed by atoms with Gasteiger partial charge in [-0.25, -0.2) is 0 Å². The second-order valence-electron chi connectivity index (χ2n) is 10.9. The number of nitrogens with one attached hydrogen (secondary N) is 1. The molecule has 5 nitrogen and oxygen atoms in total. The van der Waals surface area contributed by atoms with Crippen molar-refractivity contribution in [3.63, 3.8) is 0 Å². The number of aryl methyl sites for hydroxylation is 1. The molecule has 0 spiro atoms. The number of hydrogen-bond donors (Lipinski definition) is 1. The van der Waals surface area contributed by atoms with Gasteiger partial charge in [0.1, 0.15) is 11.5 Å². The van der Waals surface area contributed by atoms with Crippen molar-refractivity contribution in [2.45, 2.75) is 44.4 Å². The lowest BCUT2D eigenvalue weighted by atomic mass is 9.74. The number of fused-ring (bicyclic) bond motifs is 3. The molecule has 0 bridgehead atoms. The van der Waals surface area contributed by atoms with Gasteiger partial charge in [0.15, 0.2) is 0 Å². The molecule has 1 aliphatic heterocycles. The predicted octanol–water partition coefficient (Wildman–Crippen LogP) is 8.03. The molecular weight excluding hydrogens is 543 g/mol. The third kappa shape index (κ3) is 6.02. The molecule has 1 fully saturated rings. The maximum Gasteiger partial charge on any atom is 0.315 e. The van der Waals surface area contributed by atoms with E-state index >= 15 is 0 Å². The maximum atomic E-state index is 13.6. The SMILES string of the molecule is O=C(Oc1ccc(Cl)cc1)C1CCc2c([nH]c3ccc(Cl)cc23)C1c1ccc(OCCCN2CCCCC2)cc1. The Kier molecular flexibility index (Phi) is 8.33. The van der Waals surface area contributed by atoms with E-state index in [1.165, 1.54) is 37.9 Å². The van der Waals surface area contributed by atoms with Crippen molar-refractivity contribution in [1.29, 1.82) is 0 Å². The van der Waals surface area contributed by atoms with E-state index < -0.39 is 0 Å². The summed E-state index contributed by atoms with van der Waals surface area (Å²) in [6, 6.07) is 21.0. The lowest BCUT2D eigenvalue weighted by Gasteiger charge is -2.31. The molecule has 6 rings (SSSR count). The summed E-state index contributed by atoms with van der Waals surface area (Å²) < 4.78 is 11.9. The largest absolute Gasteiger partial charge is 0.494 e. The van der Waals surface area contributed by atoms with Crippen LogP contribution in [0.5, 0.6) is 11.5 Å². The van der Waals surface area contributed by atoms with Gasteiger partial charge in [0.05, 0.1) is 12.5 Å². The number of halogens is 2. The summed E-state index contributed by atoms with van der Waals surface area (Å²) in [6.07, 6.45) is 6.44. The predicted molar refractivity (Wildman–Crippen MR) is 161 cm³/mol. The first-order chi connectivity index (χ1) is 19.5. The summed E-state index contributed by atoms with van der Waals surface area (Å²) in [4.78, 5) is 19.7. The van der Waals surface area contributed by atoms with Crippen molar-refractivity contribution >= 4 is 40.1 Å². The summed E-state index contributed by atoms with van der Waals surface area (Å²) in [6.45, 7) is 4.20. The minimum absolute atomic E-state index is 0.178. The smallest absolute Gasteiger partial charge is 0.315 e. The third-order valence-electron chi connectivity index (χ3n) is 8.23. The molecule has 3 aromatic carbocycles. The topological polar surface area (TPSA) is 54.6 Å². The number of likely N-dealkylation sites (tertiary alicyclic amines) is 1. The third-order valence-corrected chi connectivity index (χ3v) is 8.72. The lowest BCUT2D eigenvalue weighted by Crippen LogP contribution is -2.31. The Morgan fingerprint density at radius 1 is 0.900 bits per heavy atom. The minimum atomic E-state index is -0.344. The molecule has 7 heteroatoms. The molecule has 2 aliphatic rings. The second-order valence-corrected chi connectivity index (χ2v) is 11.8. The van der Waals surface area contributed by atoms with E-state index in [0.29, 0.717) is 28.8 Å². The number of benzene rings is 3. The Labute approximate surface area is 245 Å². The fourth-order valence-electron chi connectivity index (χ4n) is 6.22. The van der Waals surface area contributed by atoms with Gasteiger partial charge in [-0.05, 0) is 111 Å². The molecule has 1 saturated heterocycles. The van der Waals surface area contributed by atoms with Gasteiger partial charge in [-0.3, -0.25) is 4.79 Å². The van der Waals surface area contributed by atoms with Gasteiger partial charge >= 0.3 is 5.97 Å². The second kappa shape index (κ2) is 12.3. The van der Waals surface area contributed by atoms with Crippen molar-refractivity contribution in [3.8, 4) is 11.5 Å². The Balaban J connectivity index is 1.22. The van der Waals surface area contributed by atoms with E-state index in [4.69, 9.17) is 32.7 Å². The molecule has 208 valence electrons. The number of H-pyrrole nitrogens is 1. The van der Waals surface area contributed by atoms with Crippen LogP contribution >= 0.6 is 23.2 Å². The lowest BCUT2D eigenvalue weighted by molar-refractivity contribution is -0.139. The number of ether oxygens (including phenoxy) is 2. The summed E-state index contributed by atoms with van der Waals surface area (Å²) in [5.74, 6) is 0.580. The number of aromatic nitrogens is 1. The van der Waals surface area contributed by atoms with Crippen molar-refractivity contribution < 1.29 is 14.3 Å². The molecule has 0 radical (unpaired) electrons. The van der Waals surface area contributed by atoms with Crippen LogP contribution in [-0.4, -0.2) is 42.1 Å². The molecule has 2 atom stereocenters. The number of rotatable bonds is 8. The zero-order valence-corrected chi connectivity index (χ0v) is 24.0. The zero-order chi connectivity index (χ0) is 27.5. The first kappa shape index (κ1) is 27.2. The minimum Gasteiger partial charge on any atom is -0.494 e. The Morgan fingerprint density at radius 3 is 2.40 bits per heavy atom. The Bertz CT molecular complexity index is 1460. The number of aromatic amines is 1. The summed E-state index contributed by atoms with van der Waals surface area (Å²) in [5.41, 5.74) is 4.35. The zero-order valence-electron chi connectivity index (χ0n) is 22.5. The highest BCUT2D eigenvalue weighted by atomic mass is 35.5. The number of carbonyl (C=O) groups excluding carboxylic acids is 1. The molecule has 1 aliphatic carbocycles. The fraction of sp³-hybridized carbons (Fsp3) is 0.364. The average Bonchev–Trinajstić information content (AvgIpc) is 3.35. The van der Waals surface area contributed by atoms with E-state index in [1.807, 2.05) is 30.3 Å². The molecule has 2 unspecified atom stereocenters. The number of esters is 1. The van der Waals surface area contributed by atoms with Crippen molar-refractivity contribution in [1.82, 2.24) is 9.88 Å². The first-order valence-corrected chi connectivity index (χ1v) is 15.0. The van der Waals surface area contributed by atoms with E-state index in [2.05, 4.69) is 22.0 Å². The van der Waals surface area contributed by atoms with Crippen LogP contribution in [0.25, 0.3) is 10.9 Å². The normalized spacial score (nSPS) is 19.4. The van der Waals surface area contributed by atoms with Crippen LogP contribution in [0.1, 0.15) is 54.8 Å². The molecule has 0 amide bonds. The molecule has 1 aromatic heterocycles. The highest BCUT2D eigenvalue weighted by Crippen LogP contribution is 2.44. The summed E-state index contributed by atoms with van der Waals surface area (Å²) in [7, 11) is 0. The van der Waals surface area contributed by atoms with E-state index in [-0.39, 0.29) is 17.8 Å². The van der Waals surface area contributed by atoms with Crippen LogP contribution in [0.3, 0.4) is 0 Å². The fourth-order valence-corrected chi connectivity index (χ4v) is 6.52. The first-order valence-electron chi connectivity index (χ1n) is 14.3. The highest BCUT2D eigenvalue weighted by Gasteiger charge is 2.39. The molecule has 2 heterocycles. The Morgan fingerprint density at radius 2 is 1.62 bits per heavy atom. The van der Waals surface area contributed by atoms with Gasteiger partial charge in [-0.1, -0.05) is 41.8 Å². The van der Waals surface area contributed by atoms with Crippen LogP contribution in [0.2, 0.25) is 10.0 Å². The maximum absolute atomic E-state index is 13.6. The number of nitrogens with zero attached hydrogens (tertiary/aromatic N) is 1. The van der Waals surface area contributed by atoms with Gasteiger partial charge in [0.2, 0.25) is 0 Å². The van der Waals surface area contributed by atoms with Gasteiger partial charge in [0.25, 0.3) is 0 Å². The van der Waals surface area contributed by atoms with Gasteiger partial charge in [-0.15, -0.1) is 0 Å². The standard InChI is InChI=1S/C33H34Cl2N2O3/c34-23-7-12-26(13-8-23)40-33(38)28-15-14-27-29-21-24(35)9-16-30(29)36-32(27)31(28)22-5-10-25(11-6-22)39-20-4-19-37-17-2-1-3-18-37/h5-13,16,21,28,31,36H,1-4,14-15,17-20H2. The summed E-state index contributed by atoms with van der Waals surface area (Å²) >= 11 is 12.4. The molecule has 1 N–H and O–H groups in total. The number of hydrogen-bond acceptors (Lipinski definition) is 4. The monoisotopic (exact) mass is 576 g/mol. The van der Waals surface area contributed by atoms with Crippen molar-refractivity contribution in [3.05, 3.63) is 93.6 Å². The van der Waals surface area contributed by atoms with Crippen LogP contribution < -0.4 is 9.47 Å². The van der Waals surface area contributed by atoms with Gasteiger partial charge in [0, 0.05) is 39.1 Å². The van der Waals surface area contributed by atoms with Crippen LogP contribution in [0.4, 0.5) is 0 Å². The average molecular weight is 578 g/mol. The van der Waals surface area contributed by atoms with Crippen LogP contribution in [0.15, 0.2) is 66.7 Å². The van der Waals surface area contributed by atoms with Crippen molar-refractivity contribution in [2.24, 2.45) is 5.92 Å². The van der Waals surface area contributed by atoms with Crippen molar-refractivity contribution in [2.75, 3.05) is 26.2 Å². The molecule has 40 heavy (non-hydrogen) atoms. The quantitative estimate of drug-likeness (QED) is 0.131. The molecular formula is C33H34Cl2N2O3. The molecule has 4 aromatic rings. The van der Waals surface area contributed by atoms with E-state index in [9.17, 15) is 4.79 Å². The number of piperidine rings is 1. The highest BCUT2D eigenvalue weighted by molar-refractivity contribution is 6.31. The Hall–Kier alpha value is -2.99. The van der Waals surface area contributed by atoms with Crippen LogP contribution in [0, 0.1) is 5.92 Å². The summed E-state index contributed by atoms with van der Waals surface area (Å²) in [5, 5.41) is 2.42. The number of carbonyl (C=O) groups is 1. The van der Waals surface area contributed by atoms with Crippen LogP contribution in [-0.2, 0) is 11.2 Å². The van der Waals surface area contributed by atoms with Gasteiger partial charge < -0.3 is 19.4 Å². The van der Waals surface area contributed by atoms with Gasteiger partial charge in [-0.2, -0.15) is 0 Å². The van der Waals surface area contributed by atoms with E-state index in [1.54, 1.807) is 24.3 Å². The van der Waals surface area contributed by atoms with E-state index in [0.717, 1.165) is 47.3 Å².